The predicted octanol–water partition coefficient (Wildman–Crippen LogP) is 5.61. The molecular weight excluding hydrogens is 763 g/mol. The van der Waals surface area contributed by atoms with Gasteiger partial charge in [0.15, 0.2) is 0 Å². The molecular formula is C41H41ClF3N7O5. The van der Waals surface area contributed by atoms with Gasteiger partial charge in [-0.05, 0) is 42.2 Å². The van der Waals surface area contributed by atoms with Crippen molar-refractivity contribution in [3.05, 3.63) is 81.5 Å². The van der Waals surface area contributed by atoms with Crippen LogP contribution < -0.4 is 24.8 Å². The van der Waals surface area contributed by atoms with Gasteiger partial charge in [0.05, 0.1) is 30.6 Å². The van der Waals surface area contributed by atoms with Crippen molar-refractivity contribution in [3.63, 3.8) is 0 Å². The lowest BCUT2D eigenvalue weighted by molar-refractivity contribution is -0.140. The van der Waals surface area contributed by atoms with Crippen LogP contribution in [0, 0.1) is 10.8 Å². The maximum absolute atomic E-state index is 14.6. The van der Waals surface area contributed by atoms with Crippen molar-refractivity contribution in [1.82, 2.24) is 35.4 Å². The number of amides is 2. The summed E-state index contributed by atoms with van der Waals surface area (Å²) in [7, 11) is 2.96. The molecule has 1 aromatic carbocycles. The second-order valence-electron chi connectivity index (χ2n) is 16.1. The molecule has 0 unspecified atom stereocenters. The Labute approximate surface area is 332 Å². The highest BCUT2D eigenvalue weighted by atomic mass is 35.5. The third-order valence-corrected chi connectivity index (χ3v) is 12.3. The van der Waals surface area contributed by atoms with Gasteiger partial charge in [-0.25, -0.2) is 4.98 Å². The number of rotatable bonds is 10. The van der Waals surface area contributed by atoms with Crippen molar-refractivity contribution in [1.29, 1.82) is 0 Å². The van der Waals surface area contributed by atoms with E-state index >= 15 is 0 Å². The van der Waals surface area contributed by atoms with Gasteiger partial charge in [0.2, 0.25) is 29.5 Å². The van der Waals surface area contributed by atoms with Gasteiger partial charge < -0.3 is 24.8 Å². The summed E-state index contributed by atoms with van der Waals surface area (Å²) in [6, 6.07) is 12.3. The van der Waals surface area contributed by atoms with Gasteiger partial charge in [-0.3, -0.25) is 24.4 Å². The van der Waals surface area contributed by atoms with Gasteiger partial charge >= 0.3 is 6.18 Å². The first kappa shape index (κ1) is 37.6. The lowest BCUT2D eigenvalue weighted by Gasteiger charge is -2.47. The molecule has 57 heavy (non-hydrogen) atoms. The van der Waals surface area contributed by atoms with Gasteiger partial charge in [0.25, 0.3) is 0 Å². The predicted molar refractivity (Wildman–Crippen MR) is 203 cm³/mol. The fourth-order valence-corrected chi connectivity index (χ4v) is 9.72. The van der Waals surface area contributed by atoms with Crippen LogP contribution >= 0.6 is 11.6 Å². The molecule has 3 aromatic heterocycles. The molecule has 1 aliphatic carbocycles. The number of likely N-dealkylation sites (tertiary alicyclic amines) is 2. The quantitative estimate of drug-likeness (QED) is 0.209. The van der Waals surface area contributed by atoms with E-state index in [-0.39, 0.29) is 35.1 Å². The van der Waals surface area contributed by atoms with E-state index < -0.39 is 23.7 Å². The lowest BCUT2D eigenvalue weighted by atomic mass is 9.79. The summed E-state index contributed by atoms with van der Waals surface area (Å²) in [5, 5.41) is 6.17. The average Bonchev–Trinajstić information content (AvgIpc) is 3.88. The highest BCUT2D eigenvalue weighted by Crippen LogP contribution is 2.46. The van der Waals surface area contributed by atoms with Crippen LogP contribution in [0.3, 0.4) is 0 Å². The Balaban J connectivity index is 0.945. The molecule has 4 fully saturated rings. The van der Waals surface area contributed by atoms with Crippen LogP contribution in [-0.2, 0) is 35.3 Å². The number of nitrogens with zero attached hydrogens (tertiary/aromatic N) is 5. The SMILES string of the molecule is COc1nc(-c2ccnc(-c3cccc4c3CC[C@H]4Oc3nc(OC)c(CN4CC5(CNC(=O)C5)C4)cc3C(F)(F)F)c2Cl)ccc1CN1CC2(CNC(=O)C2)C1. The maximum Gasteiger partial charge on any atom is 0.421 e. The van der Waals surface area contributed by atoms with E-state index in [1.807, 2.05) is 35.2 Å². The molecule has 0 bridgehead atoms. The van der Waals surface area contributed by atoms with E-state index in [0.29, 0.717) is 91.8 Å². The van der Waals surface area contributed by atoms with Crippen LogP contribution in [0.2, 0.25) is 5.02 Å². The highest BCUT2D eigenvalue weighted by molar-refractivity contribution is 6.35. The fourth-order valence-electron chi connectivity index (χ4n) is 9.41. The van der Waals surface area contributed by atoms with Gasteiger partial charge in [-0.1, -0.05) is 35.9 Å². The van der Waals surface area contributed by atoms with Crippen molar-refractivity contribution in [3.8, 4) is 40.2 Å². The minimum Gasteiger partial charge on any atom is -0.481 e. The molecule has 1 atom stereocenters. The van der Waals surface area contributed by atoms with E-state index in [1.54, 1.807) is 19.4 Å². The van der Waals surface area contributed by atoms with Gasteiger partial charge in [-0.15, -0.1) is 0 Å². The molecule has 12 nitrogen and oxygen atoms in total. The number of ether oxygens (including phenoxy) is 3. The Morgan fingerprint density at radius 2 is 1.49 bits per heavy atom. The largest absolute Gasteiger partial charge is 0.481 e. The molecule has 7 heterocycles. The van der Waals surface area contributed by atoms with Crippen LogP contribution in [0.25, 0.3) is 22.5 Å². The van der Waals surface area contributed by atoms with Crippen LogP contribution in [0.5, 0.6) is 17.6 Å². The Kier molecular flexibility index (Phi) is 9.32. The highest BCUT2D eigenvalue weighted by Gasteiger charge is 2.49. The van der Waals surface area contributed by atoms with Crippen molar-refractivity contribution in [2.24, 2.45) is 10.8 Å². The van der Waals surface area contributed by atoms with Crippen LogP contribution in [0.1, 0.15) is 53.2 Å². The normalized spacial score (nSPS) is 20.9. The van der Waals surface area contributed by atoms with Crippen molar-refractivity contribution in [2.75, 3.05) is 53.5 Å². The summed E-state index contributed by atoms with van der Waals surface area (Å²) in [6.45, 7) is 4.96. The summed E-state index contributed by atoms with van der Waals surface area (Å²) in [4.78, 5) is 41.6. The summed E-state index contributed by atoms with van der Waals surface area (Å²) < 4.78 is 61.1. The Morgan fingerprint density at radius 3 is 2.11 bits per heavy atom. The number of hydrogen-bond acceptors (Lipinski definition) is 10. The van der Waals surface area contributed by atoms with Crippen LogP contribution in [0.4, 0.5) is 13.2 Å². The Hall–Kier alpha value is -4.99. The lowest BCUT2D eigenvalue weighted by Crippen LogP contribution is -2.56. The first-order valence-electron chi connectivity index (χ1n) is 19.0. The van der Waals surface area contributed by atoms with Gasteiger partial charge in [-0.2, -0.15) is 18.2 Å². The number of fused-ring (bicyclic) bond motifs is 1. The molecule has 2 N–H and O–H groups in total. The molecule has 4 aromatic rings. The zero-order valence-corrected chi connectivity index (χ0v) is 32.2. The number of benzene rings is 1. The average molecular weight is 804 g/mol. The molecule has 2 spiro atoms. The smallest absolute Gasteiger partial charge is 0.421 e. The molecule has 9 rings (SSSR count). The number of methoxy groups -OCH3 is 2. The number of hydrogen-bond donors (Lipinski definition) is 2. The van der Waals surface area contributed by atoms with Crippen molar-refractivity contribution >= 4 is 23.4 Å². The number of carbonyl (C=O) groups is 2. The minimum atomic E-state index is -4.73. The monoisotopic (exact) mass is 803 g/mol. The first-order chi connectivity index (χ1) is 27.3. The van der Waals surface area contributed by atoms with E-state index in [2.05, 4.69) is 25.5 Å². The van der Waals surface area contributed by atoms with Crippen molar-refractivity contribution < 1.29 is 37.0 Å². The number of nitrogens with one attached hydrogen (secondary N) is 2. The molecule has 16 heteroatoms. The minimum absolute atomic E-state index is 0.00188. The summed E-state index contributed by atoms with van der Waals surface area (Å²) in [5.41, 5.74) is 4.23. The van der Waals surface area contributed by atoms with E-state index in [9.17, 15) is 22.8 Å². The van der Waals surface area contributed by atoms with E-state index in [1.165, 1.54) is 7.11 Å². The number of pyridine rings is 3. The molecule has 0 radical (unpaired) electrons. The Bertz CT molecular complexity index is 2280. The molecule has 5 aliphatic rings. The second-order valence-corrected chi connectivity index (χ2v) is 16.5. The van der Waals surface area contributed by atoms with Gasteiger partial charge in [0, 0.05) is 104 Å². The first-order valence-corrected chi connectivity index (χ1v) is 19.3. The maximum atomic E-state index is 14.6. The second kappa shape index (κ2) is 14.1. The molecule has 2 amide bonds. The zero-order chi connectivity index (χ0) is 39.7. The third kappa shape index (κ3) is 6.93. The summed E-state index contributed by atoms with van der Waals surface area (Å²) in [5.74, 6) is 0.102. The van der Waals surface area contributed by atoms with Gasteiger partial charge in [0.1, 0.15) is 11.7 Å². The van der Waals surface area contributed by atoms with Crippen LogP contribution in [-0.4, -0.2) is 90.1 Å². The fraction of sp³-hybridized carbons (Fsp3) is 0.439. The number of aromatic nitrogens is 3. The van der Waals surface area contributed by atoms with E-state index in [4.69, 9.17) is 30.8 Å². The number of carbonyl (C=O) groups excluding carboxylic acids is 2. The molecule has 0 saturated carbocycles. The van der Waals surface area contributed by atoms with E-state index in [0.717, 1.165) is 41.4 Å². The molecule has 4 aliphatic heterocycles. The van der Waals surface area contributed by atoms with Crippen LogP contribution in [0.15, 0.2) is 48.7 Å². The number of halogens is 4. The Morgan fingerprint density at radius 1 is 0.842 bits per heavy atom. The van der Waals surface area contributed by atoms with Crippen molar-refractivity contribution in [2.45, 2.75) is 51.1 Å². The third-order valence-electron chi connectivity index (χ3n) is 12.0. The summed E-state index contributed by atoms with van der Waals surface area (Å²) in [6.07, 6.45) is -1.87. The zero-order valence-electron chi connectivity index (χ0n) is 31.5. The molecule has 298 valence electrons. The summed E-state index contributed by atoms with van der Waals surface area (Å²) >= 11 is 7.10. The standard InChI is InChI=1S/C41H41ClF3N7O5/c1-55-36-23(15-51-19-39(20-51)13-32(53)47-17-39)6-8-30(49-36)28-10-11-46-35(34(28)42)27-5-3-4-26-25(27)7-9-31(26)57-38-29(41(43,44)45)12-24(37(50-38)56-2)16-52-21-40(22-52)14-33(54)48-18-40/h3-6,8,10-12,31H,7,9,13-22H2,1-2H3,(H,47,53)(H,48,54)/t31-/m1/s1. The molecule has 4 saturated heterocycles. The topological polar surface area (TPSA) is 131 Å². The number of alkyl halides is 3.